The van der Waals surface area contributed by atoms with Crippen LogP contribution in [0.4, 0.5) is 0 Å². The summed E-state index contributed by atoms with van der Waals surface area (Å²) in [5, 5.41) is 7.82. The smallest absolute Gasteiger partial charge is 0.166 e. The predicted octanol–water partition coefficient (Wildman–Crippen LogP) is 2.00. The van der Waals surface area contributed by atoms with Gasteiger partial charge in [0.15, 0.2) is 5.11 Å². The van der Waals surface area contributed by atoms with E-state index in [2.05, 4.69) is 30.7 Å². The van der Waals surface area contributed by atoms with Gasteiger partial charge >= 0.3 is 0 Å². The van der Waals surface area contributed by atoms with Crippen LogP contribution in [-0.4, -0.2) is 29.7 Å². The second-order valence-electron chi connectivity index (χ2n) is 3.02. The number of thioether (sulfide) groups is 1. The van der Waals surface area contributed by atoms with E-state index in [-0.39, 0.29) is 0 Å². The second-order valence-corrected chi connectivity index (χ2v) is 4.70. The highest BCUT2D eigenvalue weighted by molar-refractivity contribution is 7.99. The molecule has 0 aliphatic heterocycles. The average Bonchev–Trinajstić information content (AvgIpc) is 2.14. The molecule has 2 N–H and O–H groups in total. The Morgan fingerprint density at radius 1 is 1.38 bits per heavy atom. The maximum absolute atomic E-state index is 5.08. The van der Waals surface area contributed by atoms with Crippen molar-refractivity contribution < 1.29 is 0 Å². The van der Waals surface area contributed by atoms with Crippen LogP contribution in [0.2, 0.25) is 0 Å². The Balaban J connectivity index is 3.26. The third-order valence-corrected chi connectivity index (χ3v) is 3.10. The van der Waals surface area contributed by atoms with Crippen molar-refractivity contribution in [1.82, 2.24) is 10.6 Å². The summed E-state index contributed by atoms with van der Waals surface area (Å²) in [5.41, 5.74) is 0. The summed E-state index contributed by atoms with van der Waals surface area (Å²) in [7, 11) is 0. The third kappa shape index (κ3) is 8.37. The fourth-order valence-electron chi connectivity index (χ4n) is 0.808. The van der Waals surface area contributed by atoms with Gasteiger partial charge in [-0.3, -0.25) is 0 Å². The summed E-state index contributed by atoms with van der Waals surface area (Å²) in [4.78, 5) is 0. The molecule has 0 saturated heterocycles. The first-order valence-electron chi connectivity index (χ1n) is 4.75. The first kappa shape index (κ1) is 13.0. The quantitative estimate of drug-likeness (QED) is 0.669. The maximum Gasteiger partial charge on any atom is 0.166 e. The first-order chi connectivity index (χ1) is 6.20. The Kier molecular flexibility index (Phi) is 8.66. The normalized spacial score (nSPS) is 12.2. The Labute approximate surface area is 91.2 Å². The predicted molar refractivity (Wildman–Crippen MR) is 66.5 cm³/mol. The summed E-state index contributed by atoms with van der Waals surface area (Å²) in [5.74, 6) is 0. The lowest BCUT2D eigenvalue weighted by Crippen LogP contribution is -2.36. The van der Waals surface area contributed by atoms with Gasteiger partial charge in [-0.2, -0.15) is 11.8 Å². The maximum atomic E-state index is 5.08. The Morgan fingerprint density at radius 2 is 2.00 bits per heavy atom. The Morgan fingerprint density at radius 3 is 2.54 bits per heavy atom. The van der Waals surface area contributed by atoms with Gasteiger partial charge in [0.1, 0.15) is 0 Å². The molecule has 78 valence electrons. The zero-order chi connectivity index (χ0) is 10.1. The van der Waals surface area contributed by atoms with E-state index in [9.17, 15) is 0 Å². The first-order valence-corrected chi connectivity index (χ1v) is 6.44. The summed E-state index contributed by atoms with van der Waals surface area (Å²) in [6.07, 6.45) is 4.41. The monoisotopic (exact) mass is 220 g/mol. The average molecular weight is 220 g/mol. The molecule has 0 aromatic carbocycles. The summed E-state index contributed by atoms with van der Waals surface area (Å²) in [6.45, 7) is 6.29. The molecule has 1 unspecified atom stereocenters. The lowest BCUT2D eigenvalue weighted by molar-refractivity contribution is 0.744. The van der Waals surface area contributed by atoms with Gasteiger partial charge in [0, 0.05) is 18.3 Å². The lowest BCUT2D eigenvalue weighted by atomic mass is 10.3. The zero-order valence-electron chi connectivity index (χ0n) is 8.72. The second kappa shape index (κ2) is 8.63. The number of hydrogen-bond donors (Lipinski definition) is 2. The van der Waals surface area contributed by atoms with Crippen molar-refractivity contribution in [2.24, 2.45) is 0 Å². The van der Waals surface area contributed by atoms with Crippen LogP contribution in [0.1, 0.15) is 26.7 Å². The van der Waals surface area contributed by atoms with Crippen LogP contribution in [0.25, 0.3) is 0 Å². The van der Waals surface area contributed by atoms with Crippen molar-refractivity contribution in [3.63, 3.8) is 0 Å². The van der Waals surface area contributed by atoms with Crippen LogP contribution in [0.5, 0.6) is 0 Å². The lowest BCUT2D eigenvalue weighted by Gasteiger charge is -2.11. The molecule has 0 aromatic heterocycles. The van der Waals surface area contributed by atoms with Crippen LogP contribution in [0.3, 0.4) is 0 Å². The highest BCUT2D eigenvalue weighted by Crippen LogP contribution is 2.07. The zero-order valence-corrected chi connectivity index (χ0v) is 10.4. The number of nitrogens with one attached hydrogen (secondary N) is 2. The van der Waals surface area contributed by atoms with Crippen molar-refractivity contribution in [2.75, 3.05) is 19.3 Å². The molecule has 2 nitrogen and oxygen atoms in total. The minimum atomic E-state index is 0.710. The standard InChI is InChI=1S/C9H20N2S2/c1-4-6-10-9(12)11-7-5-8(2)13-3/h8H,4-7H2,1-3H3,(H2,10,11,12). The number of thiocarbonyl (C=S) groups is 1. The van der Waals surface area contributed by atoms with Gasteiger partial charge in [-0.1, -0.05) is 13.8 Å². The highest BCUT2D eigenvalue weighted by atomic mass is 32.2. The molecular formula is C9H20N2S2. The fraction of sp³-hybridized carbons (Fsp3) is 0.889. The SMILES string of the molecule is CCCNC(=S)NCCC(C)SC. The van der Waals surface area contributed by atoms with Gasteiger partial charge in [-0.15, -0.1) is 0 Å². The van der Waals surface area contributed by atoms with E-state index in [1.807, 2.05) is 11.8 Å². The largest absolute Gasteiger partial charge is 0.363 e. The van der Waals surface area contributed by atoms with E-state index >= 15 is 0 Å². The summed E-state index contributed by atoms with van der Waals surface area (Å²) >= 11 is 6.97. The molecule has 4 heteroatoms. The number of rotatable bonds is 6. The van der Waals surface area contributed by atoms with E-state index in [0.29, 0.717) is 5.25 Å². The van der Waals surface area contributed by atoms with Crippen LogP contribution >= 0.6 is 24.0 Å². The van der Waals surface area contributed by atoms with E-state index in [1.165, 1.54) is 0 Å². The van der Waals surface area contributed by atoms with Gasteiger partial charge < -0.3 is 10.6 Å². The van der Waals surface area contributed by atoms with Crippen molar-refractivity contribution in [2.45, 2.75) is 31.9 Å². The summed E-state index contributed by atoms with van der Waals surface area (Å²) in [6, 6.07) is 0. The Bertz CT molecular complexity index is 140. The van der Waals surface area contributed by atoms with Crippen LogP contribution < -0.4 is 10.6 Å². The highest BCUT2D eigenvalue weighted by Gasteiger charge is 1.99. The minimum Gasteiger partial charge on any atom is -0.363 e. The molecule has 0 heterocycles. The van der Waals surface area contributed by atoms with E-state index < -0.39 is 0 Å². The molecule has 0 bridgehead atoms. The topological polar surface area (TPSA) is 24.1 Å². The molecule has 0 spiro atoms. The van der Waals surface area contributed by atoms with Crippen molar-refractivity contribution in [3.05, 3.63) is 0 Å². The molecule has 0 aliphatic carbocycles. The molecule has 13 heavy (non-hydrogen) atoms. The van der Waals surface area contributed by atoms with Gasteiger partial charge in [0.25, 0.3) is 0 Å². The molecule has 0 aliphatic rings. The summed E-state index contributed by atoms with van der Waals surface area (Å²) < 4.78 is 0. The van der Waals surface area contributed by atoms with E-state index in [4.69, 9.17) is 12.2 Å². The molecule has 0 radical (unpaired) electrons. The fourth-order valence-corrected chi connectivity index (χ4v) is 1.37. The van der Waals surface area contributed by atoms with Gasteiger partial charge in [-0.05, 0) is 31.3 Å². The molecule has 0 rings (SSSR count). The third-order valence-electron chi connectivity index (χ3n) is 1.77. The van der Waals surface area contributed by atoms with Crippen LogP contribution in [0, 0.1) is 0 Å². The van der Waals surface area contributed by atoms with E-state index in [1.54, 1.807) is 0 Å². The molecule has 0 fully saturated rings. The van der Waals surface area contributed by atoms with Crippen molar-refractivity contribution in [1.29, 1.82) is 0 Å². The molecule has 0 aromatic rings. The minimum absolute atomic E-state index is 0.710. The van der Waals surface area contributed by atoms with Crippen molar-refractivity contribution >= 4 is 29.1 Å². The number of hydrogen-bond acceptors (Lipinski definition) is 2. The molecule has 0 saturated carbocycles. The molecule has 1 atom stereocenters. The molecule has 0 amide bonds. The van der Waals surface area contributed by atoms with Gasteiger partial charge in [-0.25, -0.2) is 0 Å². The van der Waals surface area contributed by atoms with Gasteiger partial charge in [0.05, 0.1) is 0 Å². The van der Waals surface area contributed by atoms with Gasteiger partial charge in [0.2, 0.25) is 0 Å². The Hall–Kier alpha value is 0.0400. The van der Waals surface area contributed by atoms with Crippen LogP contribution in [-0.2, 0) is 0 Å². The van der Waals surface area contributed by atoms with Crippen LogP contribution in [0.15, 0.2) is 0 Å². The van der Waals surface area contributed by atoms with Crippen molar-refractivity contribution in [3.8, 4) is 0 Å². The molecular weight excluding hydrogens is 200 g/mol. The van der Waals surface area contributed by atoms with E-state index in [0.717, 1.165) is 31.0 Å².